The zero-order valence-corrected chi connectivity index (χ0v) is 14.2. The third kappa shape index (κ3) is 3.92. The van der Waals surface area contributed by atoms with Gasteiger partial charge in [-0.15, -0.1) is 11.3 Å². The van der Waals surface area contributed by atoms with Crippen LogP contribution in [0.15, 0.2) is 22.7 Å². The predicted octanol–water partition coefficient (Wildman–Crippen LogP) is 2.68. The van der Waals surface area contributed by atoms with Crippen LogP contribution in [0, 0.1) is 13.8 Å². The third-order valence-electron chi connectivity index (χ3n) is 3.76. The summed E-state index contributed by atoms with van der Waals surface area (Å²) >= 11 is 1.66. The number of hydrogen-bond acceptors (Lipinski definition) is 5. The quantitative estimate of drug-likeness (QED) is 0.933. The molecule has 0 unspecified atom stereocenters. The minimum Gasteiger partial charge on any atom is -0.464 e. The number of hydrogen-bond donors (Lipinski definition) is 1. The molecule has 0 aromatic carbocycles. The first-order valence-corrected chi connectivity index (χ1v) is 8.55. The second-order valence-corrected chi connectivity index (χ2v) is 6.90. The number of aryl methyl sites for hydroxylation is 2. The first-order chi connectivity index (χ1) is 11.1. The summed E-state index contributed by atoms with van der Waals surface area (Å²) in [5, 5.41) is 4.02. The Morgan fingerprint density at radius 3 is 3.04 bits per heavy atom. The van der Waals surface area contributed by atoms with Gasteiger partial charge in [0.2, 0.25) is 0 Å². The lowest BCUT2D eigenvalue weighted by Crippen LogP contribution is -2.48. The molecule has 1 saturated heterocycles. The lowest BCUT2D eigenvalue weighted by molar-refractivity contribution is 0.00413. The molecular weight excluding hydrogens is 314 g/mol. The van der Waals surface area contributed by atoms with Crippen molar-refractivity contribution in [1.29, 1.82) is 0 Å². The average Bonchev–Trinajstić information content (AvgIpc) is 3.16. The highest BCUT2D eigenvalue weighted by Crippen LogP contribution is 2.25. The Labute approximate surface area is 139 Å². The van der Waals surface area contributed by atoms with E-state index in [1.54, 1.807) is 16.2 Å². The van der Waals surface area contributed by atoms with Crippen LogP contribution >= 0.6 is 11.3 Å². The minimum atomic E-state index is -0.167. The molecule has 1 fully saturated rings. The number of amides is 2. The van der Waals surface area contributed by atoms with Gasteiger partial charge in [-0.05, 0) is 26.0 Å². The largest absolute Gasteiger partial charge is 0.464 e. The molecule has 2 aromatic rings. The van der Waals surface area contributed by atoms with Gasteiger partial charge in [-0.2, -0.15) is 0 Å². The summed E-state index contributed by atoms with van der Waals surface area (Å²) < 4.78 is 11.2. The molecule has 6 nitrogen and oxygen atoms in total. The van der Waals surface area contributed by atoms with Gasteiger partial charge in [0.1, 0.15) is 17.6 Å². The molecule has 1 N–H and O–H groups in total. The Balaban J connectivity index is 1.57. The summed E-state index contributed by atoms with van der Waals surface area (Å²) in [6.45, 7) is 6.08. The fourth-order valence-electron chi connectivity index (χ4n) is 2.61. The molecule has 3 heterocycles. The molecule has 0 spiro atoms. The number of carbonyl (C=O) groups is 1. The summed E-state index contributed by atoms with van der Waals surface area (Å²) in [6.07, 6.45) is 2.61. The van der Waals surface area contributed by atoms with Crippen molar-refractivity contribution in [2.45, 2.75) is 26.3 Å². The molecule has 124 valence electrons. The van der Waals surface area contributed by atoms with Crippen LogP contribution in [0.25, 0.3) is 0 Å². The highest BCUT2D eigenvalue weighted by Gasteiger charge is 2.30. The molecule has 0 radical (unpaired) electrons. The highest BCUT2D eigenvalue weighted by atomic mass is 32.1. The molecule has 23 heavy (non-hydrogen) atoms. The number of urea groups is 1. The van der Waals surface area contributed by atoms with Crippen molar-refractivity contribution >= 4 is 17.4 Å². The molecule has 3 rings (SSSR count). The van der Waals surface area contributed by atoms with E-state index in [1.807, 2.05) is 32.2 Å². The van der Waals surface area contributed by atoms with Gasteiger partial charge in [0, 0.05) is 30.6 Å². The Kier molecular flexibility index (Phi) is 4.97. The van der Waals surface area contributed by atoms with Crippen molar-refractivity contribution < 1.29 is 13.9 Å². The summed E-state index contributed by atoms with van der Waals surface area (Å²) in [7, 11) is 0. The highest BCUT2D eigenvalue weighted by molar-refractivity contribution is 7.11. The lowest BCUT2D eigenvalue weighted by atomic mass is 10.2. The molecule has 0 aliphatic carbocycles. The van der Waals surface area contributed by atoms with E-state index in [2.05, 4.69) is 10.3 Å². The van der Waals surface area contributed by atoms with Gasteiger partial charge in [-0.3, -0.25) is 0 Å². The van der Waals surface area contributed by atoms with E-state index in [9.17, 15) is 4.79 Å². The van der Waals surface area contributed by atoms with E-state index in [4.69, 9.17) is 9.15 Å². The molecule has 0 bridgehead atoms. The minimum absolute atomic E-state index is 0.0827. The van der Waals surface area contributed by atoms with Crippen molar-refractivity contribution in [1.82, 2.24) is 15.2 Å². The molecule has 1 atom stereocenters. The van der Waals surface area contributed by atoms with Gasteiger partial charge in [-0.1, -0.05) is 0 Å². The second kappa shape index (κ2) is 7.14. The number of furan rings is 1. The van der Waals surface area contributed by atoms with Crippen LogP contribution in [0.4, 0.5) is 4.79 Å². The number of nitrogens with one attached hydrogen (secondary N) is 1. The van der Waals surface area contributed by atoms with E-state index in [0.29, 0.717) is 26.3 Å². The Hall–Kier alpha value is -1.86. The zero-order valence-electron chi connectivity index (χ0n) is 13.4. The Morgan fingerprint density at radius 1 is 1.48 bits per heavy atom. The summed E-state index contributed by atoms with van der Waals surface area (Å²) in [5.41, 5.74) is 0. The Morgan fingerprint density at radius 2 is 2.35 bits per heavy atom. The first-order valence-electron chi connectivity index (χ1n) is 7.73. The summed E-state index contributed by atoms with van der Waals surface area (Å²) in [5.74, 6) is 1.61. The van der Waals surface area contributed by atoms with E-state index in [0.717, 1.165) is 22.9 Å². The maximum absolute atomic E-state index is 12.5. The molecule has 7 heteroatoms. The van der Waals surface area contributed by atoms with Gasteiger partial charge in [0.15, 0.2) is 0 Å². The topological polar surface area (TPSA) is 67.6 Å². The lowest BCUT2D eigenvalue weighted by Gasteiger charge is -2.34. The SMILES string of the molecule is Cc1ccc([C@@H]2COCCN2C(=O)NCCc2ncc(C)s2)o1. The number of carbonyl (C=O) groups excluding carboxylic acids is 1. The number of morpholine rings is 1. The third-order valence-corrected chi connectivity index (χ3v) is 4.74. The number of nitrogens with zero attached hydrogens (tertiary/aromatic N) is 2. The number of ether oxygens (including phenoxy) is 1. The summed E-state index contributed by atoms with van der Waals surface area (Å²) in [4.78, 5) is 19.8. The van der Waals surface area contributed by atoms with E-state index in [1.165, 1.54) is 4.88 Å². The molecule has 0 saturated carbocycles. The molecule has 1 aliphatic rings. The normalized spacial score (nSPS) is 18.2. The standard InChI is InChI=1S/C16H21N3O3S/c1-11-3-4-14(22-11)13-10-21-8-7-19(13)16(20)17-6-5-15-18-9-12(2)23-15/h3-4,9,13H,5-8,10H2,1-2H3,(H,17,20)/t13-/m0/s1. The van der Waals surface area contributed by atoms with Crippen molar-refractivity contribution in [3.63, 3.8) is 0 Å². The van der Waals surface area contributed by atoms with Crippen LogP contribution in [0.5, 0.6) is 0 Å². The smallest absolute Gasteiger partial charge is 0.318 e. The van der Waals surface area contributed by atoms with Gasteiger partial charge in [-0.25, -0.2) is 9.78 Å². The fraction of sp³-hybridized carbons (Fsp3) is 0.500. The van der Waals surface area contributed by atoms with E-state index in [-0.39, 0.29) is 12.1 Å². The van der Waals surface area contributed by atoms with Crippen LogP contribution in [-0.4, -0.2) is 42.2 Å². The van der Waals surface area contributed by atoms with Crippen molar-refractivity contribution in [3.8, 4) is 0 Å². The van der Waals surface area contributed by atoms with Gasteiger partial charge < -0.3 is 19.4 Å². The van der Waals surface area contributed by atoms with E-state index < -0.39 is 0 Å². The number of rotatable bonds is 4. The maximum Gasteiger partial charge on any atom is 0.318 e. The molecule has 1 aliphatic heterocycles. The number of thiazole rings is 1. The van der Waals surface area contributed by atoms with Crippen LogP contribution in [0.3, 0.4) is 0 Å². The van der Waals surface area contributed by atoms with Gasteiger partial charge >= 0.3 is 6.03 Å². The second-order valence-electron chi connectivity index (χ2n) is 5.58. The van der Waals surface area contributed by atoms with Gasteiger partial charge in [0.05, 0.1) is 18.2 Å². The Bertz CT molecular complexity index is 667. The van der Waals surface area contributed by atoms with Crippen LogP contribution in [0.2, 0.25) is 0 Å². The summed E-state index contributed by atoms with van der Waals surface area (Å²) in [6, 6.07) is 3.57. The van der Waals surface area contributed by atoms with Gasteiger partial charge in [0.25, 0.3) is 0 Å². The van der Waals surface area contributed by atoms with Crippen LogP contribution in [-0.2, 0) is 11.2 Å². The fourth-order valence-corrected chi connectivity index (χ4v) is 3.40. The number of aromatic nitrogens is 1. The average molecular weight is 335 g/mol. The molecular formula is C16H21N3O3S. The monoisotopic (exact) mass is 335 g/mol. The first kappa shape index (κ1) is 16.0. The van der Waals surface area contributed by atoms with Crippen molar-refractivity contribution in [2.75, 3.05) is 26.3 Å². The van der Waals surface area contributed by atoms with Crippen molar-refractivity contribution in [2.24, 2.45) is 0 Å². The van der Waals surface area contributed by atoms with E-state index >= 15 is 0 Å². The van der Waals surface area contributed by atoms with Crippen molar-refractivity contribution in [3.05, 3.63) is 39.7 Å². The maximum atomic E-state index is 12.5. The zero-order chi connectivity index (χ0) is 16.2. The predicted molar refractivity (Wildman–Crippen MR) is 87.7 cm³/mol. The van der Waals surface area contributed by atoms with Crippen LogP contribution < -0.4 is 5.32 Å². The van der Waals surface area contributed by atoms with Crippen LogP contribution in [0.1, 0.15) is 27.4 Å². The molecule has 2 aromatic heterocycles. The molecule has 2 amide bonds.